The predicted octanol–water partition coefficient (Wildman–Crippen LogP) is 1.93. The van der Waals surface area contributed by atoms with Crippen molar-refractivity contribution in [1.29, 1.82) is 5.41 Å². The fraction of sp³-hybridized carbons (Fsp3) is 0. The monoisotopic (exact) mass is 268 g/mol. The van der Waals surface area contributed by atoms with Gasteiger partial charge in [-0.15, -0.1) is 0 Å². The number of phenolic OH excluding ortho intramolecular Hbond substituents is 2. The van der Waals surface area contributed by atoms with Crippen LogP contribution in [0.1, 0.15) is 5.56 Å². The quantitative estimate of drug-likeness (QED) is 0.360. The number of rotatable bonds is 2. The zero-order chi connectivity index (χ0) is 14.3. The highest BCUT2D eigenvalue weighted by Gasteiger charge is 2.14. The van der Waals surface area contributed by atoms with Crippen LogP contribution in [-0.2, 0) is 0 Å². The Labute approximate surface area is 114 Å². The molecule has 0 aliphatic carbocycles. The Bertz CT molecular complexity index is 803. The molecule has 0 bridgehead atoms. The van der Waals surface area contributed by atoms with Crippen molar-refractivity contribution in [2.45, 2.75) is 0 Å². The van der Waals surface area contributed by atoms with E-state index in [1.165, 1.54) is 12.1 Å². The number of aromatic hydroxyl groups is 2. The van der Waals surface area contributed by atoms with Gasteiger partial charge in [0.2, 0.25) is 0 Å². The van der Waals surface area contributed by atoms with Gasteiger partial charge < -0.3 is 20.9 Å². The molecule has 0 saturated heterocycles. The number of nitrogens with one attached hydrogen (secondary N) is 2. The first kappa shape index (κ1) is 12.0. The number of hydrogen-bond acceptors (Lipinski definition) is 4. The molecule has 0 radical (unpaired) electrons. The third-order valence-corrected chi connectivity index (χ3v) is 3.05. The van der Waals surface area contributed by atoms with Gasteiger partial charge in [-0.2, -0.15) is 0 Å². The lowest BCUT2D eigenvalue weighted by atomic mass is 10.1. The summed E-state index contributed by atoms with van der Waals surface area (Å²) in [4.78, 5) is 7.32. The second-order valence-corrected chi connectivity index (χ2v) is 4.40. The molecular weight excluding hydrogens is 256 g/mol. The third kappa shape index (κ3) is 1.83. The Morgan fingerprint density at radius 3 is 2.50 bits per heavy atom. The van der Waals surface area contributed by atoms with E-state index in [2.05, 4.69) is 9.97 Å². The van der Waals surface area contributed by atoms with Gasteiger partial charge in [0.1, 0.15) is 28.7 Å². The number of amidine groups is 1. The molecule has 0 aliphatic rings. The van der Waals surface area contributed by atoms with Gasteiger partial charge in [0, 0.05) is 5.56 Å². The zero-order valence-corrected chi connectivity index (χ0v) is 10.4. The van der Waals surface area contributed by atoms with E-state index in [1.807, 2.05) is 0 Å². The average Bonchev–Trinajstić information content (AvgIpc) is 2.80. The number of benzene rings is 2. The first-order valence-corrected chi connectivity index (χ1v) is 5.92. The van der Waals surface area contributed by atoms with E-state index < -0.39 is 0 Å². The van der Waals surface area contributed by atoms with Crippen LogP contribution < -0.4 is 5.73 Å². The summed E-state index contributed by atoms with van der Waals surface area (Å²) in [5.74, 6) is 0.205. The molecule has 3 aromatic rings. The summed E-state index contributed by atoms with van der Waals surface area (Å²) in [7, 11) is 0. The summed E-state index contributed by atoms with van der Waals surface area (Å²) in [5, 5.41) is 27.1. The van der Waals surface area contributed by atoms with E-state index in [1.54, 1.807) is 24.3 Å². The van der Waals surface area contributed by atoms with Crippen LogP contribution >= 0.6 is 0 Å². The largest absolute Gasteiger partial charge is 0.507 e. The smallest absolute Gasteiger partial charge is 0.146 e. The van der Waals surface area contributed by atoms with Gasteiger partial charge in [-0.3, -0.25) is 5.41 Å². The molecule has 6 nitrogen and oxygen atoms in total. The molecule has 0 spiro atoms. The van der Waals surface area contributed by atoms with Crippen LogP contribution in [0.5, 0.6) is 11.5 Å². The Kier molecular flexibility index (Phi) is 2.57. The Balaban J connectivity index is 2.21. The number of aromatic nitrogens is 2. The van der Waals surface area contributed by atoms with Crippen molar-refractivity contribution in [2.24, 2.45) is 5.73 Å². The molecule has 0 amide bonds. The van der Waals surface area contributed by atoms with E-state index in [-0.39, 0.29) is 22.9 Å². The first-order valence-electron chi connectivity index (χ1n) is 5.92. The standard InChI is InChI=1S/C14H12N4O2/c15-13(16)7-4-5-8-9(6-7)18-14(17-8)12-10(19)2-1-3-11(12)20/h1-6,19-20H,(H3,15,16)(H,17,18). The number of nitrogen functional groups attached to an aromatic ring is 1. The minimum Gasteiger partial charge on any atom is -0.507 e. The Morgan fingerprint density at radius 2 is 1.85 bits per heavy atom. The van der Waals surface area contributed by atoms with Crippen LogP contribution in [0.4, 0.5) is 0 Å². The van der Waals surface area contributed by atoms with Gasteiger partial charge in [0.25, 0.3) is 0 Å². The van der Waals surface area contributed by atoms with E-state index in [0.717, 1.165) is 0 Å². The summed E-state index contributed by atoms with van der Waals surface area (Å²) in [6, 6.07) is 9.62. The van der Waals surface area contributed by atoms with Crippen molar-refractivity contribution in [3.05, 3.63) is 42.0 Å². The van der Waals surface area contributed by atoms with E-state index in [4.69, 9.17) is 11.1 Å². The number of phenols is 2. The molecule has 0 saturated carbocycles. The first-order chi connectivity index (χ1) is 9.56. The molecule has 0 unspecified atom stereocenters. The van der Waals surface area contributed by atoms with Crippen molar-refractivity contribution in [1.82, 2.24) is 9.97 Å². The summed E-state index contributed by atoms with van der Waals surface area (Å²) in [6.45, 7) is 0. The SMILES string of the molecule is N=C(N)c1ccc2nc(-c3c(O)cccc3O)[nH]c2c1. The van der Waals surface area contributed by atoms with Crippen molar-refractivity contribution in [3.8, 4) is 22.9 Å². The number of nitrogens with two attached hydrogens (primary N) is 1. The maximum atomic E-state index is 9.84. The number of imidazole rings is 1. The number of H-pyrrole nitrogens is 1. The van der Waals surface area contributed by atoms with Gasteiger partial charge in [0.15, 0.2) is 0 Å². The van der Waals surface area contributed by atoms with Crippen molar-refractivity contribution in [2.75, 3.05) is 0 Å². The fourth-order valence-corrected chi connectivity index (χ4v) is 2.07. The van der Waals surface area contributed by atoms with E-state index in [0.29, 0.717) is 22.4 Å². The highest BCUT2D eigenvalue weighted by molar-refractivity contribution is 5.98. The molecular formula is C14H12N4O2. The average molecular weight is 268 g/mol. The lowest BCUT2D eigenvalue weighted by Crippen LogP contribution is -2.10. The second kappa shape index (κ2) is 4.27. The van der Waals surface area contributed by atoms with Gasteiger partial charge in [-0.1, -0.05) is 6.07 Å². The van der Waals surface area contributed by atoms with Crippen LogP contribution in [0.25, 0.3) is 22.4 Å². The summed E-state index contributed by atoms with van der Waals surface area (Å²) >= 11 is 0. The molecule has 100 valence electrons. The van der Waals surface area contributed by atoms with Gasteiger partial charge in [-0.25, -0.2) is 4.98 Å². The van der Waals surface area contributed by atoms with Gasteiger partial charge in [0.05, 0.1) is 11.0 Å². The molecule has 6 N–H and O–H groups in total. The number of hydrogen-bond donors (Lipinski definition) is 5. The Hall–Kier alpha value is -3.02. The van der Waals surface area contributed by atoms with Gasteiger partial charge in [-0.05, 0) is 30.3 Å². The van der Waals surface area contributed by atoms with Crippen molar-refractivity contribution in [3.63, 3.8) is 0 Å². The number of nitrogens with zero attached hydrogens (tertiary/aromatic N) is 1. The number of aromatic amines is 1. The molecule has 2 aromatic carbocycles. The lowest BCUT2D eigenvalue weighted by Gasteiger charge is -2.02. The molecule has 1 heterocycles. The predicted molar refractivity (Wildman–Crippen MR) is 75.9 cm³/mol. The second-order valence-electron chi connectivity index (χ2n) is 4.40. The maximum Gasteiger partial charge on any atom is 0.146 e. The molecule has 6 heteroatoms. The Morgan fingerprint density at radius 1 is 1.15 bits per heavy atom. The van der Waals surface area contributed by atoms with Crippen LogP contribution in [0.3, 0.4) is 0 Å². The van der Waals surface area contributed by atoms with Gasteiger partial charge >= 0.3 is 0 Å². The lowest BCUT2D eigenvalue weighted by molar-refractivity contribution is 0.453. The normalized spacial score (nSPS) is 10.8. The van der Waals surface area contributed by atoms with E-state index >= 15 is 0 Å². The third-order valence-electron chi connectivity index (χ3n) is 3.05. The topological polar surface area (TPSA) is 119 Å². The fourth-order valence-electron chi connectivity index (χ4n) is 2.07. The molecule has 0 aliphatic heterocycles. The van der Waals surface area contributed by atoms with Crippen LogP contribution in [0.15, 0.2) is 36.4 Å². The van der Waals surface area contributed by atoms with E-state index in [9.17, 15) is 10.2 Å². The van der Waals surface area contributed by atoms with Crippen LogP contribution in [0.2, 0.25) is 0 Å². The molecule has 0 atom stereocenters. The highest BCUT2D eigenvalue weighted by Crippen LogP contribution is 2.35. The number of fused-ring (bicyclic) bond motifs is 1. The minimum absolute atomic E-state index is 0.0338. The minimum atomic E-state index is -0.0594. The van der Waals surface area contributed by atoms with Crippen molar-refractivity contribution >= 4 is 16.9 Å². The molecule has 3 rings (SSSR count). The zero-order valence-electron chi connectivity index (χ0n) is 10.4. The summed E-state index contributed by atoms with van der Waals surface area (Å²) < 4.78 is 0. The summed E-state index contributed by atoms with van der Waals surface area (Å²) in [5.41, 5.74) is 7.60. The molecule has 1 aromatic heterocycles. The van der Waals surface area contributed by atoms with Crippen LogP contribution in [-0.4, -0.2) is 26.0 Å². The van der Waals surface area contributed by atoms with Crippen LogP contribution in [0, 0.1) is 5.41 Å². The summed E-state index contributed by atoms with van der Waals surface area (Å²) in [6.07, 6.45) is 0. The van der Waals surface area contributed by atoms with Crippen molar-refractivity contribution < 1.29 is 10.2 Å². The molecule has 0 fully saturated rings. The highest BCUT2D eigenvalue weighted by atomic mass is 16.3. The molecule has 20 heavy (non-hydrogen) atoms. The maximum absolute atomic E-state index is 9.84.